The third-order valence-electron chi connectivity index (χ3n) is 5.88. The first-order valence-electron chi connectivity index (χ1n) is 11.1. The van der Waals surface area contributed by atoms with Crippen LogP contribution in [-0.4, -0.2) is 79.9 Å². The van der Waals surface area contributed by atoms with Gasteiger partial charge in [0.15, 0.2) is 0 Å². The SMILES string of the molecule is COc1ccc(CN2C(=O)N=C3C=C(C(=O)NCCCN4CCOCC4)C=CC3C2=O)cc1. The molecule has 1 unspecified atom stereocenters. The number of benzene rings is 1. The van der Waals surface area contributed by atoms with Gasteiger partial charge in [0.1, 0.15) is 5.75 Å². The van der Waals surface area contributed by atoms with Crippen LogP contribution in [0.4, 0.5) is 4.79 Å². The quantitative estimate of drug-likeness (QED) is 0.601. The van der Waals surface area contributed by atoms with Crippen LogP contribution >= 0.6 is 0 Å². The number of allylic oxidation sites excluding steroid dienone is 1. The molecule has 1 atom stereocenters. The topological polar surface area (TPSA) is 101 Å². The number of nitrogens with one attached hydrogen (secondary N) is 1. The normalized spacial score (nSPS) is 20.8. The van der Waals surface area contributed by atoms with E-state index in [0.717, 1.165) is 49.7 Å². The zero-order valence-corrected chi connectivity index (χ0v) is 18.7. The first kappa shape index (κ1) is 22.9. The molecule has 2 aliphatic heterocycles. The molecule has 4 amide bonds. The molecule has 1 aromatic rings. The van der Waals surface area contributed by atoms with E-state index >= 15 is 0 Å². The number of imide groups is 1. The molecule has 4 rings (SSSR count). The lowest BCUT2D eigenvalue weighted by Crippen LogP contribution is -2.46. The fraction of sp³-hybridized carbons (Fsp3) is 0.417. The molecule has 1 aliphatic carbocycles. The summed E-state index contributed by atoms with van der Waals surface area (Å²) in [5.41, 5.74) is 1.49. The van der Waals surface area contributed by atoms with Gasteiger partial charge in [-0.2, -0.15) is 4.99 Å². The van der Waals surface area contributed by atoms with E-state index in [0.29, 0.717) is 23.6 Å². The van der Waals surface area contributed by atoms with Crippen LogP contribution in [0.1, 0.15) is 12.0 Å². The average molecular weight is 453 g/mol. The van der Waals surface area contributed by atoms with Crippen LogP contribution in [-0.2, 0) is 20.9 Å². The molecule has 3 aliphatic rings. The number of ether oxygens (including phenoxy) is 2. The minimum absolute atomic E-state index is 0.128. The molecule has 1 aromatic carbocycles. The summed E-state index contributed by atoms with van der Waals surface area (Å²) in [6.45, 7) is 4.92. The van der Waals surface area contributed by atoms with Crippen molar-refractivity contribution in [2.45, 2.75) is 13.0 Å². The van der Waals surface area contributed by atoms with Gasteiger partial charge in [-0.25, -0.2) is 4.79 Å². The highest BCUT2D eigenvalue weighted by atomic mass is 16.5. The number of hydrogen-bond acceptors (Lipinski definition) is 6. The fourth-order valence-corrected chi connectivity index (χ4v) is 3.97. The number of amides is 4. The Morgan fingerprint density at radius 3 is 2.70 bits per heavy atom. The summed E-state index contributed by atoms with van der Waals surface area (Å²) in [4.78, 5) is 45.6. The second kappa shape index (κ2) is 10.5. The Morgan fingerprint density at radius 2 is 1.97 bits per heavy atom. The Labute approximate surface area is 192 Å². The summed E-state index contributed by atoms with van der Waals surface area (Å²) < 4.78 is 10.5. The van der Waals surface area contributed by atoms with E-state index < -0.39 is 11.9 Å². The number of rotatable bonds is 8. The molecule has 9 heteroatoms. The molecular formula is C24H28N4O5. The second-order valence-corrected chi connectivity index (χ2v) is 8.09. The van der Waals surface area contributed by atoms with Crippen molar-refractivity contribution in [3.8, 4) is 5.75 Å². The van der Waals surface area contributed by atoms with Crippen molar-refractivity contribution in [3.05, 3.63) is 53.6 Å². The summed E-state index contributed by atoms with van der Waals surface area (Å²) in [5, 5.41) is 2.90. The van der Waals surface area contributed by atoms with Gasteiger partial charge in [0, 0.05) is 25.2 Å². The molecule has 1 saturated heterocycles. The Hall–Kier alpha value is -3.30. The Morgan fingerprint density at radius 1 is 1.21 bits per heavy atom. The summed E-state index contributed by atoms with van der Waals surface area (Å²) in [5.74, 6) is -0.561. The van der Waals surface area contributed by atoms with E-state index in [2.05, 4.69) is 15.2 Å². The second-order valence-electron chi connectivity index (χ2n) is 8.09. The van der Waals surface area contributed by atoms with Crippen LogP contribution in [0, 0.1) is 5.92 Å². The Balaban J connectivity index is 1.33. The smallest absolute Gasteiger partial charge is 0.350 e. The van der Waals surface area contributed by atoms with Crippen LogP contribution in [0.25, 0.3) is 0 Å². The molecule has 0 saturated carbocycles. The minimum Gasteiger partial charge on any atom is -0.497 e. The average Bonchev–Trinajstić information content (AvgIpc) is 2.85. The number of carbonyl (C=O) groups excluding carboxylic acids is 3. The maximum Gasteiger partial charge on any atom is 0.350 e. The summed E-state index contributed by atoms with van der Waals surface area (Å²) in [7, 11) is 1.58. The third kappa shape index (κ3) is 5.55. The van der Waals surface area contributed by atoms with Crippen molar-refractivity contribution in [1.82, 2.24) is 15.1 Å². The molecule has 0 bridgehead atoms. The van der Waals surface area contributed by atoms with Gasteiger partial charge in [0.2, 0.25) is 5.91 Å². The predicted molar refractivity (Wildman–Crippen MR) is 122 cm³/mol. The monoisotopic (exact) mass is 452 g/mol. The van der Waals surface area contributed by atoms with E-state index in [1.54, 1.807) is 43.5 Å². The molecule has 9 nitrogen and oxygen atoms in total. The molecule has 0 aromatic heterocycles. The van der Waals surface area contributed by atoms with E-state index in [9.17, 15) is 14.4 Å². The summed E-state index contributed by atoms with van der Waals surface area (Å²) >= 11 is 0. The lowest BCUT2D eigenvalue weighted by molar-refractivity contribution is -0.130. The first-order chi connectivity index (χ1) is 16.0. The summed E-state index contributed by atoms with van der Waals surface area (Å²) in [6, 6.07) is 6.53. The third-order valence-corrected chi connectivity index (χ3v) is 5.88. The summed E-state index contributed by atoms with van der Waals surface area (Å²) in [6.07, 6.45) is 5.63. The number of hydrogen-bond donors (Lipinski definition) is 1. The van der Waals surface area contributed by atoms with Crippen molar-refractivity contribution >= 4 is 23.6 Å². The van der Waals surface area contributed by atoms with Crippen molar-refractivity contribution in [1.29, 1.82) is 0 Å². The van der Waals surface area contributed by atoms with Gasteiger partial charge in [-0.1, -0.05) is 24.3 Å². The van der Waals surface area contributed by atoms with Gasteiger partial charge in [-0.15, -0.1) is 0 Å². The number of morpholine rings is 1. The van der Waals surface area contributed by atoms with Gasteiger partial charge in [-0.3, -0.25) is 19.4 Å². The number of urea groups is 1. The van der Waals surface area contributed by atoms with E-state index in [1.807, 2.05) is 0 Å². The molecule has 0 radical (unpaired) electrons. The van der Waals surface area contributed by atoms with Crippen LogP contribution < -0.4 is 10.1 Å². The van der Waals surface area contributed by atoms with Crippen molar-refractivity contribution in [3.63, 3.8) is 0 Å². The van der Waals surface area contributed by atoms with Crippen molar-refractivity contribution in [2.24, 2.45) is 10.9 Å². The van der Waals surface area contributed by atoms with Gasteiger partial charge in [0.25, 0.3) is 5.91 Å². The maximum atomic E-state index is 12.9. The van der Waals surface area contributed by atoms with E-state index in [-0.39, 0.29) is 18.4 Å². The highest BCUT2D eigenvalue weighted by Gasteiger charge is 2.37. The number of carbonyl (C=O) groups is 3. The first-order valence-corrected chi connectivity index (χ1v) is 11.1. The molecule has 174 valence electrons. The maximum absolute atomic E-state index is 12.9. The van der Waals surface area contributed by atoms with Crippen LogP contribution in [0.15, 0.2) is 53.1 Å². The molecule has 1 N–H and O–H groups in total. The minimum atomic E-state index is -0.668. The van der Waals surface area contributed by atoms with Crippen molar-refractivity contribution in [2.75, 3.05) is 46.5 Å². The fourth-order valence-electron chi connectivity index (χ4n) is 3.97. The zero-order valence-electron chi connectivity index (χ0n) is 18.7. The molecular weight excluding hydrogens is 424 g/mol. The standard InChI is InChI=1S/C24H28N4O5/c1-32-19-6-3-17(4-7-19)16-28-23(30)20-8-5-18(15-21(20)26-24(28)31)22(29)25-9-2-10-27-11-13-33-14-12-27/h3-8,15,20H,2,9-14,16H2,1H3,(H,25,29). The highest BCUT2D eigenvalue weighted by molar-refractivity contribution is 6.23. The van der Waals surface area contributed by atoms with E-state index in [4.69, 9.17) is 9.47 Å². The number of fused-ring (bicyclic) bond motifs is 1. The number of methoxy groups -OCH3 is 1. The Kier molecular flexibility index (Phi) is 7.31. The molecule has 33 heavy (non-hydrogen) atoms. The lowest BCUT2D eigenvalue weighted by atomic mass is 9.91. The molecule has 1 fully saturated rings. The molecule has 2 heterocycles. The van der Waals surface area contributed by atoms with E-state index in [1.165, 1.54) is 6.08 Å². The van der Waals surface area contributed by atoms with Crippen molar-refractivity contribution < 1.29 is 23.9 Å². The largest absolute Gasteiger partial charge is 0.497 e. The predicted octanol–water partition coefficient (Wildman–Crippen LogP) is 1.55. The van der Waals surface area contributed by atoms with Gasteiger partial charge in [0.05, 0.1) is 38.5 Å². The van der Waals surface area contributed by atoms with Gasteiger partial charge >= 0.3 is 6.03 Å². The Bertz CT molecular complexity index is 993. The van der Waals surface area contributed by atoms with Gasteiger partial charge < -0.3 is 14.8 Å². The van der Waals surface area contributed by atoms with Gasteiger partial charge in [-0.05, 0) is 36.7 Å². The van der Waals surface area contributed by atoms with Crippen LogP contribution in [0.2, 0.25) is 0 Å². The number of nitrogens with zero attached hydrogens (tertiary/aromatic N) is 3. The molecule has 0 spiro atoms. The van der Waals surface area contributed by atoms with Crippen LogP contribution in [0.5, 0.6) is 5.75 Å². The highest BCUT2D eigenvalue weighted by Crippen LogP contribution is 2.24. The lowest BCUT2D eigenvalue weighted by Gasteiger charge is -2.29. The zero-order chi connectivity index (χ0) is 23.2. The van der Waals surface area contributed by atoms with Crippen LogP contribution in [0.3, 0.4) is 0 Å². The number of aliphatic imine (C=N–C) groups is 1.